The van der Waals surface area contributed by atoms with E-state index in [2.05, 4.69) is 16.3 Å². The molecule has 1 saturated heterocycles. The van der Waals surface area contributed by atoms with Crippen molar-refractivity contribution >= 4 is 5.69 Å². The Morgan fingerprint density at radius 3 is 2.74 bits per heavy atom. The number of nitrogens with zero attached hydrogens (tertiary/aromatic N) is 1. The summed E-state index contributed by atoms with van der Waals surface area (Å²) in [4.78, 5) is 2.28. The van der Waals surface area contributed by atoms with Gasteiger partial charge in [-0.2, -0.15) is 0 Å². The van der Waals surface area contributed by atoms with E-state index in [-0.39, 0.29) is 18.2 Å². The highest BCUT2D eigenvalue weighted by molar-refractivity contribution is 5.59. The van der Waals surface area contributed by atoms with E-state index in [9.17, 15) is 5.11 Å². The van der Waals surface area contributed by atoms with E-state index in [4.69, 9.17) is 4.74 Å². The van der Waals surface area contributed by atoms with Gasteiger partial charge in [-0.3, -0.25) is 0 Å². The Hall–Kier alpha value is -1.26. The van der Waals surface area contributed by atoms with Gasteiger partial charge in [-0.1, -0.05) is 12.1 Å². The number of hydrogen-bond acceptors (Lipinski definition) is 4. The van der Waals surface area contributed by atoms with Gasteiger partial charge >= 0.3 is 0 Å². The van der Waals surface area contributed by atoms with Crippen LogP contribution in [0.1, 0.15) is 20.3 Å². The number of likely N-dealkylation sites (N-methyl/N-ethyl adjacent to an activating group) is 1. The predicted octanol–water partition coefficient (Wildman–Crippen LogP) is 1.63. The van der Waals surface area contributed by atoms with E-state index in [1.54, 1.807) is 0 Å². The molecular weight excluding hydrogens is 240 g/mol. The second-order valence-electron chi connectivity index (χ2n) is 5.49. The number of anilines is 1. The van der Waals surface area contributed by atoms with Crippen LogP contribution in [-0.2, 0) is 0 Å². The first-order valence-electron chi connectivity index (χ1n) is 6.90. The summed E-state index contributed by atoms with van der Waals surface area (Å²) < 4.78 is 5.87. The zero-order valence-electron chi connectivity index (χ0n) is 12.0. The van der Waals surface area contributed by atoms with E-state index in [1.807, 2.05) is 39.1 Å². The third-order valence-electron chi connectivity index (χ3n) is 3.76. The quantitative estimate of drug-likeness (QED) is 0.848. The number of nitrogens with one attached hydrogen (secondary N) is 1. The van der Waals surface area contributed by atoms with Gasteiger partial charge in [0.2, 0.25) is 0 Å². The first-order valence-corrected chi connectivity index (χ1v) is 6.90. The molecule has 4 heteroatoms. The molecule has 1 atom stereocenters. The summed E-state index contributed by atoms with van der Waals surface area (Å²) >= 11 is 0. The maximum Gasteiger partial charge on any atom is 0.142 e. The fraction of sp³-hybridized carbons (Fsp3) is 0.600. The van der Waals surface area contributed by atoms with Crippen molar-refractivity contribution in [3.8, 4) is 5.75 Å². The zero-order valence-corrected chi connectivity index (χ0v) is 12.0. The van der Waals surface area contributed by atoms with Gasteiger partial charge in [0.15, 0.2) is 0 Å². The summed E-state index contributed by atoms with van der Waals surface area (Å²) in [6.45, 7) is 5.96. The standard InChI is InChI=1S/C15H24N2O2/c1-12(2)19-14-7-5-4-6-13(14)17-9-8-15(10-17,11-18)16-3/h4-7,12,16,18H,8-11H2,1-3H3. The first-order chi connectivity index (χ1) is 9.10. The summed E-state index contributed by atoms with van der Waals surface area (Å²) in [5.74, 6) is 0.919. The molecule has 2 N–H and O–H groups in total. The molecular formula is C15H24N2O2. The topological polar surface area (TPSA) is 44.7 Å². The van der Waals surface area contributed by atoms with Gasteiger partial charge in [0.05, 0.1) is 23.9 Å². The van der Waals surface area contributed by atoms with Crippen LogP contribution in [0.25, 0.3) is 0 Å². The maximum atomic E-state index is 9.58. The van der Waals surface area contributed by atoms with Crippen molar-refractivity contribution in [3.63, 3.8) is 0 Å². The smallest absolute Gasteiger partial charge is 0.142 e. The lowest BCUT2D eigenvalue weighted by Gasteiger charge is -2.28. The fourth-order valence-corrected chi connectivity index (χ4v) is 2.56. The van der Waals surface area contributed by atoms with Gasteiger partial charge in [-0.25, -0.2) is 0 Å². The van der Waals surface area contributed by atoms with E-state index < -0.39 is 0 Å². The van der Waals surface area contributed by atoms with Crippen LogP contribution in [-0.4, -0.2) is 43.5 Å². The first kappa shape index (κ1) is 14.2. The predicted molar refractivity (Wildman–Crippen MR) is 77.9 cm³/mol. The lowest BCUT2D eigenvalue weighted by Crippen LogP contribution is -2.48. The lowest BCUT2D eigenvalue weighted by atomic mass is 10.0. The van der Waals surface area contributed by atoms with Crippen molar-refractivity contribution in [2.45, 2.75) is 31.9 Å². The minimum absolute atomic E-state index is 0.160. The van der Waals surface area contributed by atoms with Crippen LogP contribution in [0, 0.1) is 0 Å². The molecule has 4 nitrogen and oxygen atoms in total. The fourth-order valence-electron chi connectivity index (χ4n) is 2.56. The summed E-state index contributed by atoms with van der Waals surface area (Å²) in [6, 6.07) is 8.12. The average Bonchev–Trinajstić information content (AvgIpc) is 2.84. The van der Waals surface area contributed by atoms with Crippen LogP contribution in [0.4, 0.5) is 5.69 Å². The maximum absolute atomic E-state index is 9.58. The number of para-hydroxylation sites is 2. The van der Waals surface area contributed by atoms with Crippen molar-refractivity contribution in [2.75, 3.05) is 31.6 Å². The summed E-state index contributed by atoms with van der Waals surface area (Å²) in [7, 11) is 1.91. The summed E-state index contributed by atoms with van der Waals surface area (Å²) in [5, 5.41) is 12.8. The van der Waals surface area contributed by atoms with Crippen LogP contribution >= 0.6 is 0 Å². The second-order valence-corrected chi connectivity index (χ2v) is 5.49. The molecule has 1 aromatic rings. The molecule has 1 aliphatic rings. The number of ether oxygens (including phenoxy) is 1. The Morgan fingerprint density at radius 2 is 2.16 bits per heavy atom. The van der Waals surface area contributed by atoms with Crippen molar-refractivity contribution < 1.29 is 9.84 Å². The van der Waals surface area contributed by atoms with Crippen LogP contribution in [0.5, 0.6) is 5.75 Å². The molecule has 1 aliphatic heterocycles. The Labute approximate surface area is 115 Å². The van der Waals surface area contributed by atoms with Gasteiger partial charge in [-0.05, 0) is 39.4 Å². The van der Waals surface area contributed by atoms with E-state index in [0.29, 0.717) is 0 Å². The van der Waals surface area contributed by atoms with Crippen molar-refractivity contribution in [3.05, 3.63) is 24.3 Å². The highest BCUT2D eigenvalue weighted by atomic mass is 16.5. The number of benzene rings is 1. The lowest BCUT2D eigenvalue weighted by molar-refractivity contribution is 0.184. The van der Waals surface area contributed by atoms with E-state index >= 15 is 0 Å². The molecule has 0 aliphatic carbocycles. The number of rotatable bonds is 5. The van der Waals surface area contributed by atoms with Gasteiger partial charge in [-0.15, -0.1) is 0 Å². The van der Waals surface area contributed by atoms with Gasteiger partial charge in [0.1, 0.15) is 5.75 Å². The van der Waals surface area contributed by atoms with Crippen molar-refractivity contribution in [1.82, 2.24) is 5.32 Å². The molecule has 1 heterocycles. The van der Waals surface area contributed by atoms with Gasteiger partial charge in [0, 0.05) is 13.1 Å². The minimum atomic E-state index is -0.190. The second kappa shape index (κ2) is 5.80. The zero-order chi connectivity index (χ0) is 13.9. The van der Waals surface area contributed by atoms with Gasteiger partial charge in [0.25, 0.3) is 0 Å². The molecule has 0 bridgehead atoms. The molecule has 0 radical (unpaired) electrons. The highest BCUT2D eigenvalue weighted by Gasteiger charge is 2.37. The largest absolute Gasteiger partial charge is 0.489 e. The van der Waals surface area contributed by atoms with Crippen molar-refractivity contribution in [2.24, 2.45) is 0 Å². The monoisotopic (exact) mass is 264 g/mol. The normalized spacial score (nSPS) is 23.1. The van der Waals surface area contributed by atoms with Crippen LogP contribution in [0.3, 0.4) is 0 Å². The van der Waals surface area contributed by atoms with Crippen LogP contribution in [0.15, 0.2) is 24.3 Å². The Kier molecular flexibility index (Phi) is 4.32. The summed E-state index contributed by atoms with van der Waals surface area (Å²) in [6.07, 6.45) is 1.10. The third kappa shape index (κ3) is 3.01. The molecule has 1 fully saturated rings. The highest BCUT2D eigenvalue weighted by Crippen LogP contribution is 2.33. The Balaban J connectivity index is 2.19. The van der Waals surface area contributed by atoms with Crippen LogP contribution in [0.2, 0.25) is 0 Å². The van der Waals surface area contributed by atoms with E-state index in [1.165, 1.54) is 0 Å². The summed E-state index contributed by atoms with van der Waals surface area (Å²) in [5.41, 5.74) is 0.923. The minimum Gasteiger partial charge on any atom is -0.489 e. The molecule has 1 unspecified atom stereocenters. The number of aliphatic hydroxyl groups excluding tert-OH is 1. The third-order valence-corrected chi connectivity index (χ3v) is 3.76. The molecule has 0 aromatic heterocycles. The molecule has 19 heavy (non-hydrogen) atoms. The molecule has 0 saturated carbocycles. The van der Waals surface area contributed by atoms with Crippen molar-refractivity contribution in [1.29, 1.82) is 0 Å². The molecule has 2 rings (SSSR count). The van der Waals surface area contributed by atoms with Crippen LogP contribution < -0.4 is 15.0 Å². The average molecular weight is 264 g/mol. The number of aliphatic hydroxyl groups is 1. The molecule has 0 spiro atoms. The molecule has 106 valence electrons. The SMILES string of the molecule is CNC1(CO)CCN(c2ccccc2OC(C)C)C1. The molecule has 0 amide bonds. The number of hydrogen-bond donors (Lipinski definition) is 2. The molecule has 1 aromatic carbocycles. The Morgan fingerprint density at radius 1 is 1.42 bits per heavy atom. The van der Waals surface area contributed by atoms with Gasteiger partial charge < -0.3 is 20.1 Å². The Bertz CT molecular complexity index is 416. The van der Waals surface area contributed by atoms with E-state index in [0.717, 1.165) is 30.9 Å².